The van der Waals surface area contributed by atoms with Gasteiger partial charge in [-0.2, -0.15) is 10.1 Å². The zero-order chi connectivity index (χ0) is 23.9. The van der Waals surface area contributed by atoms with Gasteiger partial charge in [0.2, 0.25) is 17.6 Å². The third-order valence-corrected chi connectivity index (χ3v) is 5.74. The van der Waals surface area contributed by atoms with Gasteiger partial charge in [0.15, 0.2) is 5.82 Å². The summed E-state index contributed by atoms with van der Waals surface area (Å²) in [5, 5.41) is 18.8. The molecule has 0 fully saturated rings. The van der Waals surface area contributed by atoms with Crippen molar-refractivity contribution in [2.45, 2.75) is 25.7 Å². The molecule has 0 saturated heterocycles. The number of amides is 1. The number of benzene rings is 2. The number of rotatable bonds is 10. The largest absolute Gasteiger partial charge is 0.368 e. The van der Waals surface area contributed by atoms with E-state index in [4.69, 9.17) is 27.7 Å². The van der Waals surface area contributed by atoms with Crippen molar-refractivity contribution in [1.82, 2.24) is 25.7 Å². The van der Waals surface area contributed by atoms with Crippen LogP contribution in [0.15, 0.2) is 51.8 Å². The van der Waals surface area contributed by atoms with Crippen LogP contribution in [0.4, 0.5) is 5.82 Å². The number of aromatic amines is 1. The first-order valence-corrected chi connectivity index (χ1v) is 11.5. The molecule has 176 valence electrons. The number of halogens is 2. The molecule has 0 aliphatic rings. The second-order valence-corrected chi connectivity index (χ2v) is 8.35. The maximum atomic E-state index is 12.1. The predicted molar refractivity (Wildman–Crippen MR) is 131 cm³/mol. The van der Waals surface area contributed by atoms with Gasteiger partial charge >= 0.3 is 0 Å². The van der Waals surface area contributed by atoms with Crippen LogP contribution in [0.1, 0.15) is 25.2 Å². The van der Waals surface area contributed by atoms with Crippen LogP contribution in [-0.2, 0) is 11.2 Å². The number of hydrogen-bond acceptors (Lipinski definition) is 7. The summed E-state index contributed by atoms with van der Waals surface area (Å²) in [4.78, 5) is 28.3. The monoisotopic (exact) mass is 500 g/mol. The lowest BCUT2D eigenvalue weighted by molar-refractivity contribution is -0.121. The Labute approximate surface area is 204 Å². The molecule has 3 N–H and O–H groups in total. The number of hydrogen-bond donors (Lipinski definition) is 3. The van der Waals surface area contributed by atoms with E-state index in [1.165, 1.54) is 0 Å². The normalized spacial score (nSPS) is 11.0. The first kappa shape index (κ1) is 23.7. The summed E-state index contributed by atoms with van der Waals surface area (Å²) in [5.74, 6) is 1.30. The molecule has 4 aromatic rings. The molecule has 2 aromatic heterocycles. The van der Waals surface area contributed by atoms with Crippen LogP contribution >= 0.6 is 23.2 Å². The van der Waals surface area contributed by atoms with Gasteiger partial charge in [-0.1, -0.05) is 52.6 Å². The van der Waals surface area contributed by atoms with E-state index in [1.54, 1.807) is 24.3 Å². The number of fused-ring (bicyclic) bond motifs is 1. The van der Waals surface area contributed by atoms with Crippen molar-refractivity contribution in [3.8, 4) is 11.4 Å². The average Bonchev–Trinajstić information content (AvgIpc) is 3.28. The summed E-state index contributed by atoms with van der Waals surface area (Å²) >= 11 is 12.4. The maximum absolute atomic E-state index is 12.1. The number of aromatic nitrogens is 4. The van der Waals surface area contributed by atoms with Crippen molar-refractivity contribution in [3.05, 3.63) is 68.8 Å². The van der Waals surface area contributed by atoms with Gasteiger partial charge in [-0.3, -0.25) is 9.59 Å². The standard InChI is InChI=1S/C23H22Cl2N6O3/c24-16-8-3-9-17(25)20(16)22-28-19(34-31-22)11-4-10-18(32)26-12-5-13-27-21-14-6-1-2-7-15(14)23(33)30-29-21/h1-3,6-9H,4-5,10-13H2,(H,26,32)(H,27,29)(H,30,33). The smallest absolute Gasteiger partial charge is 0.272 e. The SMILES string of the molecule is O=C(CCCc1nc(-c2c(Cl)cccc2Cl)no1)NCCCNc1n[nH]c(=O)c2ccccc12. The van der Waals surface area contributed by atoms with Gasteiger partial charge in [0, 0.05) is 31.3 Å². The molecule has 11 heteroatoms. The van der Waals surface area contributed by atoms with E-state index in [-0.39, 0.29) is 11.5 Å². The molecule has 4 rings (SSSR count). The van der Waals surface area contributed by atoms with Crippen molar-refractivity contribution in [2.24, 2.45) is 0 Å². The highest BCUT2D eigenvalue weighted by Crippen LogP contribution is 2.32. The Morgan fingerprint density at radius 2 is 1.76 bits per heavy atom. The summed E-state index contributed by atoms with van der Waals surface area (Å²) < 4.78 is 5.26. The van der Waals surface area contributed by atoms with Gasteiger partial charge in [-0.15, -0.1) is 0 Å². The molecule has 0 bridgehead atoms. The number of carbonyl (C=O) groups excluding carboxylic acids is 1. The molecule has 0 aliphatic heterocycles. The van der Waals surface area contributed by atoms with Gasteiger partial charge in [0.1, 0.15) is 0 Å². The van der Waals surface area contributed by atoms with E-state index in [1.807, 2.05) is 18.2 Å². The van der Waals surface area contributed by atoms with Crippen LogP contribution in [0, 0.1) is 0 Å². The van der Waals surface area contributed by atoms with Crippen LogP contribution < -0.4 is 16.2 Å². The lowest BCUT2D eigenvalue weighted by atomic mass is 10.2. The Balaban J connectivity index is 1.17. The zero-order valence-electron chi connectivity index (χ0n) is 18.1. The van der Waals surface area contributed by atoms with Crippen molar-refractivity contribution in [3.63, 3.8) is 0 Å². The Bertz CT molecular complexity index is 1330. The van der Waals surface area contributed by atoms with Gasteiger partial charge < -0.3 is 15.2 Å². The van der Waals surface area contributed by atoms with Gasteiger partial charge in [-0.05, 0) is 31.0 Å². The number of anilines is 1. The molecule has 2 heterocycles. The molecule has 0 spiro atoms. The van der Waals surface area contributed by atoms with Crippen LogP contribution in [0.25, 0.3) is 22.2 Å². The van der Waals surface area contributed by atoms with Crippen molar-refractivity contribution in [2.75, 3.05) is 18.4 Å². The van der Waals surface area contributed by atoms with Crippen LogP contribution in [0.2, 0.25) is 10.0 Å². The van der Waals surface area contributed by atoms with Gasteiger partial charge in [0.25, 0.3) is 5.56 Å². The average molecular weight is 501 g/mol. The van der Waals surface area contributed by atoms with Crippen molar-refractivity contribution in [1.29, 1.82) is 0 Å². The minimum Gasteiger partial charge on any atom is -0.368 e. The number of nitrogens with zero attached hydrogens (tertiary/aromatic N) is 3. The van der Waals surface area contributed by atoms with Crippen LogP contribution in [-0.4, -0.2) is 39.3 Å². The molecule has 2 aromatic carbocycles. The fraction of sp³-hybridized carbons (Fsp3) is 0.261. The minimum atomic E-state index is -0.224. The minimum absolute atomic E-state index is 0.0542. The second kappa shape index (κ2) is 11.1. The van der Waals surface area contributed by atoms with Gasteiger partial charge in [0.05, 0.1) is 21.0 Å². The predicted octanol–water partition coefficient (Wildman–Crippen LogP) is 4.22. The third kappa shape index (κ3) is 5.73. The van der Waals surface area contributed by atoms with Crippen molar-refractivity contribution < 1.29 is 9.32 Å². The lowest BCUT2D eigenvalue weighted by Crippen LogP contribution is -2.25. The summed E-state index contributed by atoms with van der Waals surface area (Å²) in [6.45, 7) is 1.11. The molecule has 0 unspecified atom stereocenters. The van der Waals surface area contributed by atoms with E-state index in [9.17, 15) is 9.59 Å². The maximum Gasteiger partial charge on any atom is 0.272 e. The first-order chi connectivity index (χ1) is 16.5. The van der Waals surface area contributed by atoms with Gasteiger partial charge in [-0.25, -0.2) is 5.10 Å². The zero-order valence-corrected chi connectivity index (χ0v) is 19.6. The van der Waals surface area contributed by atoms with Crippen LogP contribution in [0.5, 0.6) is 0 Å². The summed E-state index contributed by atoms with van der Waals surface area (Å²) in [7, 11) is 0. The topological polar surface area (TPSA) is 126 Å². The third-order valence-electron chi connectivity index (χ3n) is 5.11. The Kier molecular flexibility index (Phi) is 7.76. The van der Waals surface area contributed by atoms with Crippen LogP contribution in [0.3, 0.4) is 0 Å². The molecule has 0 radical (unpaired) electrons. The van der Waals surface area contributed by atoms with E-state index in [0.29, 0.717) is 77.3 Å². The highest BCUT2D eigenvalue weighted by atomic mass is 35.5. The molecular formula is C23H22Cl2N6O3. The number of aryl methyl sites for hydroxylation is 1. The number of nitrogens with one attached hydrogen (secondary N) is 3. The van der Waals surface area contributed by atoms with E-state index in [2.05, 4.69) is 31.0 Å². The Hall–Kier alpha value is -3.43. The fourth-order valence-corrected chi connectivity index (χ4v) is 4.00. The summed E-state index contributed by atoms with van der Waals surface area (Å²) in [6, 6.07) is 12.4. The van der Waals surface area contributed by atoms with Crippen molar-refractivity contribution >= 4 is 45.7 Å². The van der Waals surface area contributed by atoms with E-state index < -0.39 is 0 Å². The molecule has 0 aliphatic carbocycles. The number of carbonyl (C=O) groups is 1. The molecular weight excluding hydrogens is 479 g/mol. The molecule has 0 saturated carbocycles. The molecule has 0 atom stereocenters. The van der Waals surface area contributed by atoms with E-state index >= 15 is 0 Å². The summed E-state index contributed by atoms with van der Waals surface area (Å²) in [5.41, 5.74) is 0.301. The fourth-order valence-electron chi connectivity index (χ4n) is 3.43. The quantitative estimate of drug-likeness (QED) is 0.278. The summed E-state index contributed by atoms with van der Waals surface area (Å²) in [6.07, 6.45) is 2.07. The lowest BCUT2D eigenvalue weighted by Gasteiger charge is -2.08. The Morgan fingerprint density at radius 3 is 2.56 bits per heavy atom. The highest BCUT2D eigenvalue weighted by molar-refractivity contribution is 6.38. The molecule has 34 heavy (non-hydrogen) atoms. The second-order valence-electron chi connectivity index (χ2n) is 7.54. The van der Waals surface area contributed by atoms with E-state index in [0.717, 1.165) is 5.39 Å². The molecule has 9 nitrogen and oxygen atoms in total. The first-order valence-electron chi connectivity index (χ1n) is 10.8. The number of H-pyrrole nitrogens is 1. The highest BCUT2D eigenvalue weighted by Gasteiger charge is 2.15. The molecule has 1 amide bonds. The Morgan fingerprint density at radius 1 is 1.00 bits per heavy atom.